The van der Waals surface area contributed by atoms with Crippen LogP contribution in [0.5, 0.6) is 0 Å². The molecule has 0 fully saturated rings. The van der Waals surface area contributed by atoms with Crippen LogP contribution in [0.1, 0.15) is 2.74 Å². The van der Waals surface area contributed by atoms with Gasteiger partial charge in [0, 0.05) is 6.17 Å². The Bertz CT molecular complexity index is 278. The molecule has 4 heteroatoms. The van der Waals surface area contributed by atoms with Crippen molar-refractivity contribution in [1.29, 1.82) is 0 Å². The van der Waals surface area contributed by atoms with Gasteiger partial charge >= 0.3 is 0 Å². The minimum atomic E-state index is -0.387. The highest BCUT2D eigenvalue weighted by atomic mass is 15.0. The van der Waals surface area contributed by atoms with Crippen molar-refractivity contribution in [3.8, 4) is 0 Å². The van der Waals surface area contributed by atoms with E-state index >= 15 is 0 Å². The van der Waals surface area contributed by atoms with E-state index in [0.717, 1.165) is 0 Å². The molecule has 0 amide bonds. The van der Waals surface area contributed by atoms with Crippen molar-refractivity contribution >= 4 is 11.8 Å². The molecule has 1 heterocycles. The number of aromatic nitrogens is 2. The van der Waals surface area contributed by atoms with E-state index in [1.54, 1.807) is 0 Å². The van der Waals surface area contributed by atoms with E-state index in [0.29, 0.717) is 0 Å². The summed E-state index contributed by atoms with van der Waals surface area (Å²) >= 11 is 0. The van der Waals surface area contributed by atoms with Crippen LogP contribution in [0.3, 0.4) is 0 Å². The molecule has 0 unspecified atom stereocenters. The molecule has 0 aliphatic heterocycles. The van der Waals surface area contributed by atoms with Crippen LogP contribution in [-0.4, -0.2) is 9.97 Å². The Balaban J connectivity index is 3.21. The Kier molecular flexibility index (Phi) is 0.390. The largest absolute Gasteiger partial charge is 0.384 e. The number of nitrogen functional groups attached to an aromatic ring is 2. The normalized spacial score (nSPS) is 15.5. The highest BCUT2D eigenvalue weighted by Crippen LogP contribution is 1.94. The van der Waals surface area contributed by atoms with Crippen molar-refractivity contribution in [1.82, 2.24) is 9.97 Å². The second-order valence-corrected chi connectivity index (χ2v) is 1.15. The first kappa shape index (κ1) is 1.89. The monoisotopic (exact) mass is 118 g/mol. The summed E-state index contributed by atoms with van der Waals surface area (Å²) in [5.74, 6) is -0.511. The molecule has 42 valence electrons. The molecule has 1 aromatic rings. The van der Waals surface area contributed by atoms with E-state index in [2.05, 4.69) is 9.97 Å². The van der Waals surface area contributed by atoms with Gasteiger partial charge in [0.2, 0.25) is 5.95 Å². The summed E-state index contributed by atoms with van der Waals surface area (Å²) in [7, 11) is 0. The molecule has 1 rings (SSSR count). The highest BCUT2D eigenvalue weighted by Gasteiger charge is 1.84. The van der Waals surface area contributed by atoms with Crippen LogP contribution in [0.2, 0.25) is 2.82 Å². The van der Waals surface area contributed by atoms with Crippen LogP contribution in [-0.2, 0) is 0 Å². The zero-order valence-electron chi connectivity index (χ0n) is 7.92. The van der Waals surface area contributed by atoms with Crippen LogP contribution in [0.25, 0.3) is 0 Å². The summed E-state index contributed by atoms with van der Waals surface area (Å²) in [5.41, 5.74) is 5.34. The Labute approximate surface area is 52.3 Å². The first-order valence-electron chi connectivity index (χ1n) is 3.80. The van der Waals surface area contributed by atoms with Crippen LogP contribution in [0, 0.1) is 0 Å². The second-order valence-electron chi connectivity index (χ2n) is 1.15. The molecule has 0 aliphatic rings. The lowest BCUT2D eigenvalue weighted by atomic mass is 10.6. The minimum absolute atomic E-state index is 0.133. The molecule has 1 aromatic heterocycles. The molecule has 0 spiro atoms. The summed E-state index contributed by atoms with van der Waals surface area (Å²) in [4.78, 5) is 6.82. The Hall–Kier alpha value is -1.32. The quantitative estimate of drug-likeness (QED) is 0.528. The number of anilines is 2. The van der Waals surface area contributed by atoms with Crippen molar-refractivity contribution in [2.24, 2.45) is 0 Å². The van der Waals surface area contributed by atoms with Crippen LogP contribution >= 0.6 is 0 Å². The average molecular weight is 118 g/mol. The highest BCUT2D eigenvalue weighted by molar-refractivity contribution is 5.31. The van der Waals surface area contributed by atoms with E-state index in [-0.39, 0.29) is 29.7 Å². The number of nitrogens with two attached hydrogens (primary N) is 2. The van der Waals surface area contributed by atoms with Gasteiger partial charge in [-0.2, -0.15) is 4.98 Å². The third-order valence-corrected chi connectivity index (χ3v) is 0.560. The van der Waals surface area contributed by atoms with Crippen molar-refractivity contribution in [2.45, 2.75) is 0 Å². The smallest absolute Gasteiger partial charge is 0.221 e. The van der Waals surface area contributed by atoms with Crippen LogP contribution < -0.4 is 11.5 Å². The van der Waals surface area contributed by atoms with E-state index in [1.807, 2.05) is 0 Å². The molecule has 0 aromatic carbocycles. The first-order chi connectivity index (χ1) is 5.52. The maximum absolute atomic E-state index is 7.10. The molecule has 0 aliphatic carbocycles. The maximum Gasteiger partial charge on any atom is 0.221 e. The summed E-state index contributed by atoms with van der Waals surface area (Å²) in [6.45, 7) is 0. The fraction of sp³-hybridized carbons (Fsp3) is 0. The fourth-order valence-electron chi connectivity index (χ4n) is 0.296. The molecular formula is C4H6N4. The van der Waals surface area contributed by atoms with Crippen molar-refractivity contribution < 1.29 is 5.57 Å². The van der Waals surface area contributed by atoms with Gasteiger partial charge in [0.1, 0.15) is 5.82 Å². The minimum Gasteiger partial charge on any atom is -0.384 e. The number of hydrogen-bond acceptors (Lipinski definition) is 4. The predicted molar refractivity (Wildman–Crippen MR) is 30.9 cm³/mol. The van der Waals surface area contributed by atoms with E-state index in [9.17, 15) is 0 Å². The standard InChI is InChI=1S/C4H6N4/c5-3-1-2-7-4(6)8-3/h1-2H,(H4,5,6,7,8)/i1T,2T/hT2. The van der Waals surface area contributed by atoms with Crippen molar-refractivity contribution in [3.05, 3.63) is 12.2 Å². The summed E-state index contributed by atoms with van der Waals surface area (Å²) in [5, 5.41) is 0. The van der Waals surface area contributed by atoms with Gasteiger partial charge in [-0.25, -0.2) is 4.98 Å². The zero-order chi connectivity index (χ0) is 9.30. The molecule has 0 bridgehead atoms. The van der Waals surface area contributed by atoms with Crippen LogP contribution in [0.4, 0.5) is 11.8 Å². The molecule has 0 atom stereocenters. The van der Waals surface area contributed by atoms with E-state index < -0.39 is 0 Å². The van der Waals surface area contributed by atoms with Gasteiger partial charge in [0.25, 0.3) is 0 Å². The Morgan fingerprint density at radius 3 is 3.38 bits per heavy atom. The zero-order valence-corrected chi connectivity index (χ0v) is 3.92. The lowest BCUT2D eigenvalue weighted by Gasteiger charge is -1.89. The first-order valence-corrected chi connectivity index (χ1v) is 1.91. The topological polar surface area (TPSA) is 77.8 Å². The van der Waals surface area contributed by atoms with E-state index in [1.165, 1.54) is 0 Å². The third kappa shape index (κ3) is 0.841. The Morgan fingerprint density at radius 1 is 1.88 bits per heavy atom. The lowest BCUT2D eigenvalue weighted by molar-refractivity contribution is 1.19. The van der Waals surface area contributed by atoms with E-state index in [4.69, 9.17) is 11.3 Å². The molecule has 0 saturated carbocycles. The van der Waals surface area contributed by atoms with Gasteiger partial charge in [-0.15, -0.1) is 0 Å². The number of rotatable bonds is 1. The molecule has 0 saturated heterocycles. The molecule has 4 N–H and O–H groups in total. The SMILES string of the molecule is [3H]c1nc(N([3H])[3H])nc(N)c1[3H]. The van der Waals surface area contributed by atoms with Gasteiger partial charge in [-0.3, -0.25) is 0 Å². The molecule has 8 heavy (non-hydrogen) atoms. The van der Waals surface area contributed by atoms with Gasteiger partial charge in [-0.1, -0.05) is 0 Å². The summed E-state index contributed by atoms with van der Waals surface area (Å²) in [6.07, 6.45) is -0.387. The summed E-state index contributed by atoms with van der Waals surface area (Å²) in [6, 6.07) is -0.291. The summed E-state index contributed by atoms with van der Waals surface area (Å²) < 4.78 is 27.7. The van der Waals surface area contributed by atoms with Gasteiger partial charge in [-0.05, 0) is 6.04 Å². The Morgan fingerprint density at radius 2 is 2.75 bits per heavy atom. The van der Waals surface area contributed by atoms with Crippen molar-refractivity contribution in [3.63, 3.8) is 0 Å². The second kappa shape index (κ2) is 1.65. The van der Waals surface area contributed by atoms with Gasteiger partial charge in [0.15, 0.2) is 2.82 Å². The number of nitrogens with zero attached hydrogens (tertiary/aromatic N) is 2. The lowest BCUT2D eigenvalue weighted by Crippen LogP contribution is -1.96. The third-order valence-electron chi connectivity index (χ3n) is 0.560. The fourth-order valence-corrected chi connectivity index (χ4v) is 0.296. The van der Waals surface area contributed by atoms with Crippen molar-refractivity contribution in [2.75, 3.05) is 11.5 Å². The van der Waals surface area contributed by atoms with Gasteiger partial charge < -0.3 is 11.5 Å². The maximum atomic E-state index is 7.10. The van der Waals surface area contributed by atoms with Crippen LogP contribution in [0.15, 0.2) is 12.2 Å². The molecule has 4 nitrogen and oxygen atoms in total. The molecular weight excluding hydrogens is 104 g/mol. The predicted octanol–water partition coefficient (Wildman–Crippen LogP) is -0.359. The molecule has 0 radical (unpaired) electrons. The average Bonchev–Trinajstić information content (AvgIpc) is 1.99. The number of hydrogen-bond donors (Lipinski definition) is 2. The van der Waals surface area contributed by atoms with Gasteiger partial charge in [0.05, 0.1) is 2.74 Å².